The number of ether oxygens (including phenoxy) is 1. The van der Waals surface area contributed by atoms with E-state index < -0.39 is 5.82 Å². The van der Waals surface area contributed by atoms with Gasteiger partial charge in [-0.2, -0.15) is 0 Å². The average molecular weight is 251 g/mol. The zero-order valence-electron chi connectivity index (χ0n) is 10.9. The maximum Gasteiger partial charge on any atom is 0.194 e. The molecule has 98 valence electrons. The third kappa shape index (κ3) is 3.32. The highest BCUT2D eigenvalue weighted by atomic mass is 19.1. The first-order chi connectivity index (χ1) is 8.47. The normalized spacial score (nSPS) is 12.0. The lowest BCUT2D eigenvalue weighted by atomic mass is 10.0. The fraction of sp³-hybridized carbons (Fsp3) is 0.357. The molecule has 0 aliphatic heterocycles. The predicted octanol–water partition coefficient (Wildman–Crippen LogP) is 3.05. The van der Waals surface area contributed by atoms with Crippen molar-refractivity contribution in [2.75, 3.05) is 6.61 Å². The van der Waals surface area contributed by atoms with E-state index in [0.29, 0.717) is 23.6 Å². The summed E-state index contributed by atoms with van der Waals surface area (Å²) in [7, 11) is 0. The van der Waals surface area contributed by atoms with Gasteiger partial charge in [-0.05, 0) is 38.5 Å². The minimum absolute atomic E-state index is 0.214. The lowest BCUT2D eigenvalue weighted by Crippen LogP contribution is -2.10. The van der Waals surface area contributed by atoms with Gasteiger partial charge >= 0.3 is 0 Å². The molecule has 0 aliphatic carbocycles. The van der Waals surface area contributed by atoms with E-state index in [1.165, 1.54) is 18.2 Å². The number of halogens is 1. The van der Waals surface area contributed by atoms with Gasteiger partial charge in [0.15, 0.2) is 5.78 Å². The van der Waals surface area contributed by atoms with Gasteiger partial charge < -0.3 is 10.5 Å². The van der Waals surface area contributed by atoms with Gasteiger partial charge in [-0.3, -0.25) is 4.79 Å². The van der Waals surface area contributed by atoms with Crippen molar-refractivity contribution in [3.05, 3.63) is 40.8 Å². The number of hydrogen-bond donors (Lipinski definition) is 1. The molecule has 0 atom stereocenters. The first kappa shape index (κ1) is 14.2. The number of rotatable bonds is 5. The molecule has 18 heavy (non-hydrogen) atoms. The van der Waals surface area contributed by atoms with Gasteiger partial charge in [-0.25, -0.2) is 4.39 Å². The van der Waals surface area contributed by atoms with E-state index in [1.807, 2.05) is 6.92 Å². The van der Waals surface area contributed by atoms with Crippen molar-refractivity contribution in [2.45, 2.75) is 27.2 Å². The number of carbonyl (C=O) groups is 1. The van der Waals surface area contributed by atoms with Crippen LogP contribution in [-0.2, 0) is 0 Å². The predicted molar refractivity (Wildman–Crippen MR) is 69.1 cm³/mol. The van der Waals surface area contributed by atoms with Gasteiger partial charge in [0.05, 0.1) is 12.2 Å². The second kappa shape index (κ2) is 6.19. The fourth-order valence-electron chi connectivity index (χ4n) is 1.40. The Kier molecular flexibility index (Phi) is 4.89. The molecule has 0 bridgehead atoms. The molecular formula is C14H18FNO2. The minimum atomic E-state index is -0.468. The van der Waals surface area contributed by atoms with Crippen molar-refractivity contribution in [2.24, 2.45) is 5.73 Å². The van der Waals surface area contributed by atoms with E-state index in [1.54, 1.807) is 13.8 Å². The van der Waals surface area contributed by atoms with Crippen molar-refractivity contribution in [1.29, 1.82) is 0 Å². The summed E-state index contributed by atoms with van der Waals surface area (Å²) in [5.41, 5.74) is 6.63. The van der Waals surface area contributed by atoms with E-state index in [0.717, 1.165) is 6.42 Å². The van der Waals surface area contributed by atoms with E-state index in [2.05, 4.69) is 0 Å². The summed E-state index contributed by atoms with van der Waals surface area (Å²) in [4.78, 5) is 12.1. The zero-order chi connectivity index (χ0) is 13.7. The monoisotopic (exact) mass is 251 g/mol. The van der Waals surface area contributed by atoms with Crippen LogP contribution < -0.4 is 10.5 Å². The third-order valence-electron chi connectivity index (χ3n) is 2.58. The number of ketones is 1. The van der Waals surface area contributed by atoms with E-state index in [-0.39, 0.29) is 11.3 Å². The number of carbonyl (C=O) groups excluding carboxylic acids is 1. The number of nitrogens with two attached hydrogens (primary N) is 1. The Hall–Kier alpha value is -1.84. The molecule has 1 aromatic carbocycles. The summed E-state index contributed by atoms with van der Waals surface area (Å²) in [5, 5.41) is 0. The molecule has 0 heterocycles. The number of Topliss-reactive ketones (excluding diaryl/α,β-unsaturated/α-hetero) is 1. The van der Waals surface area contributed by atoms with E-state index >= 15 is 0 Å². The molecule has 0 spiro atoms. The molecule has 0 aliphatic rings. The van der Waals surface area contributed by atoms with E-state index in [4.69, 9.17) is 10.5 Å². The average Bonchev–Trinajstić information content (AvgIpc) is 2.35. The Bertz CT molecular complexity index is 477. The third-order valence-corrected chi connectivity index (χ3v) is 2.58. The van der Waals surface area contributed by atoms with Gasteiger partial charge in [0.1, 0.15) is 11.6 Å². The summed E-state index contributed by atoms with van der Waals surface area (Å²) >= 11 is 0. The molecule has 0 saturated heterocycles. The summed E-state index contributed by atoms with van der Waals surface area (Å²) in [6.45, 7) is 5.70. The molecule has 1 rings (SSSR count). The summed E-state index contributed by atoms with van der Waals surface area (Å²) in [5.74, 6) is -0.380. The Labute approximate surface area is 106 Å². The van der Waals surface area contributed by atoms with Crippen LogP contribution in [0.15, 0.2) is 29.5 Å². The van der Waals surface area contributed by atoms with Crippen molar-refractivity contribution < 1.29 is 13.9 Å². The van der Waals surface area contributed by atoms with Crippen LogP contribution in [0.25, 0.3) is 0 Å². The first-order valence-corrected chi connectivity index (χ1v) is 5.87. The molecule has 1 aromatic rings. The Morgan fingerprint density at radius 1 is 1.39 bits per heavy atom. The smallest absolute Gasteiger partial charge is 0.194 e. The molecule has 0 radical (unpaired) electrons. The molecule has 0 amide bonds. The second-order valence-electron chi connectivity index (χ2n) is 4.13. The van der Waals surface area contributed by atoms with Crippen LogP contribution in [-0.4, -0.2) is 12.4 Å². The van der Waals surface area contributed by atoms with Gasteiger partial charge in [0, 0.05) is 11.3 Å². The van der Waals surface area contributed by atoms with Gasteiger partial charge in [-0.1, -0.05) is 6.92 Å². The second-order valence-corrected chi connectivity index (χ2v) is 4.13. The lowest BCUT2D eigenvalue weighted by Gasteiger charge is -2.11. The van der Waals surface area contributed by atoms with Crippen molar-refractivity contribution >= 4 is 5.78 Å². The van der Waals surface area contributed by atoms with Crippen LogP contribution in [0.2, 0.25) is 0 Å². The molecular weight excluding hydrogens is 233 g/mol. The highest BCUT2D eigenvalue weighted by molar-refractivity contribution is 6.10. The molecule has 0 saturated carbocycles. The summed E-state index contributed by atoms with van der Waals surface area (Å²) < 4.78 is 18.7. The largest absolute Gasteiger partial charge is 0.493 e. The van der Waals surface area contributed by atoms with Crippen LogP contribution in [0.1, 0.15) is 37.6 Å². The van der Waals surface area contributed by atoms with Crippen molar-refractivity contribution in [1.82, 2.24) is 0 Å². The molecule has 0 fully saturated rings. The quantitative estimate of drug-likeness (QED) is 0.646. The molecule has 0 aromatic heterocycles. The highest BCUT2D eigenvalue weighted by Gasteiger charge is 2.16. The lowest BCUT2D eigenvalue weighted by molar-refractivity contribution is 0.102. The topological polar surface area (TPSA) is 52.3 Å². The van der Waals surface area contributed by atoms with Crippen LogP contribution >= 0.6 is 0 Å². The molecule has 2 N–H and O–H groups in total. The molecule has 3 nitrogen and oxygen atoms in total. The highest BCUT2D eigenvalue weighted by Crippen LogP contribution is 2.23. The maximum atomic E-state index is 13.2. The minimum Gasteiger partial charge on any atom is -0.493 e. The van der Waals surface area contributed by atoms with Crippen LogP contribution in [0, 0.1) is 5.82 Å². The van der Waals surface area contributed by atoms with Crippen molar-refractivity contribution in [3.63, 3.8) is 0 Å². The van der Waals surface area contributed by atoms with Crippen LogP contribution in [0.5, 0.6) is 5.75 Å². The van der Waals surface area contributed by atoms with Crippen LogP contribution in [0.3, 0.4) is 0 Å². The van der Waals surface area contributed by atoms with Gasteiger partial charge in [0.25, 0.3) is 0 Å². The van der Waals surface area contributed by atoms with Crippen molar-refractivity contribution in [3.8, 4) is 5.75 Å². The van der Waals surface area contributed by atoms with Gasteiger partial charge in [0.2, 0.25) is 0 Å². The SMILES string of the molecule is CCCOc1ccc(F)cc1C(=O)C(C)=C(C)N. The molecule has 4 heteroatoms. The number of hydrogen-bond acceptors (Lipinski definition) is 3. The standard InChI is InChI=1S/C14H18FNO2/c1-4-7-18-13-6-5-11(15)8-12(13)14(17)9(2)10(3)16/h5-6,8H,4,7,16H2,1-3H3. The Balaban J connectivity index is 3.17. The summed E-state index contributed by atoms with van der Waals surface area (Å²) in [6.07, 6.45) is 0.815. The van der Waals surface area contributed by atoms with Crippen LogP contribution in [0.4, 0.5) is 4.39 Å². The number of benzene rings is 1. The van der Waals surface area contributed by atoms with Gasteiger partial charge in [-0.15, -0.1) is 0 Å². The Morgan fingerprint density at radius 2 is 2.06 bits per heavy atom. The summed E-state index contributed by atoms with van der Waals surface area (Å²) in [6, 6.07) is 3.92. The zero-order valence-corrected chi connectivity index (χ0v) is 10.9. The molecule has 0 unspecified atom stereocenters. The number of allylic oxidation sites excluding steroid dienone is 2. The maximum absolute atomic E-state index is 13.2. The van der Waals surface area contributed by atoms with E-state index in [9.17, 15) is 9.18 Å². The first-order valence-electron chi connectivity index (χ1n) is 5.87. The Morgan fingerprint density at radius 3 is 2.61 bits per heavy atom. The fourth-order valence-corrected chi connectivity index (χ4v) is 1.40.